The Morgan fingerprint density at radius 1 is 1.17 bits per heavy atom. The van der Waals surface area contributed by atoms with Gasteiger partial charge in [0.25, 0.3) is 5.91 Å². The Hall–Kier alpha value is -2.90. The molecule has 1 heterocycles. The van der Waals surface area contributed by atoms with Crippen LogP contribution in [0, 0.1) is 0 Å². The van der Waals surface area contributed by atoms with Gasteiger partial charge < -0.3 is 10.1 Å². The number of carbonyl (C=O) groups excluding carboxylic acids is 2. The van der Waals surface area contributed by atoms with Crippen molar-refractivity contribution in [2.45, 2.75) is 19.8 Å². The van der Waals surface area contributed by atoms with Crippen LogP contribution in [0.1, 0.15) is 17.3 Å². The number of pyridine rings is 1. The van der Waals surface area contributed by atoms with Gasteiger partial charge in [-0.05, 0) is 37.3 Å². The number of carbonyl (C=O) groups is 2. The highest BCUT2D eigenvalue weighted by Crippen LogP contribution is 2.23. The second-order valence-corrected chi connectivity index (χ2v) is 4.94. The molecule has 0 fully saturated rings. The summed E-state index contributed by atoms with van der Waals surface area (Å²) in [6.07, 6.45) is -1.59. The van der Waals surface area contributed by atoms with E-state index < -0.39 is 6.36 Å². The first-order chi connectivity index (χ1) is 11.2. The van der Waals surface area contributed by atoms with E-state index in [9.17, 15) is 22.8 Å². The summed E-state index contributed by atoms with van der Waals surface area (Å²) >= 11 is 0. The second kappa shape index (κ2) is 7.12. The van der Waals surface area contributed by atoms with E-state index in [4.69, 9.17) is 0 Å². The number of nitrogens with zero attached hydrogens (tertiary/aromatic N) is 1. The number of aromatic nitrogens is 1. The molecule has 24 heavy (non-hydrogen) atoms. The molecule has 5 nitrogen and oxygen atoms in total. The molecule has 0 aliphatic rings. The van der Waals surface area contributed by atoms with Gasteiger partial charge in [0.05, 0.1) is 5.56 Å². The van der Waals surface area contributed by atoms with Crippen molar-refractivity contribution < 1.29 is 32.1 Å². The molecule has 0 bridgehead atoms. The fourth-order valence-electron chi connectivity index (χ4n) is 1.93. The number of alkyl halides is 3. The first kappa shape index (κ1) is 17.5. The number of nitrogens with one attached hydrogen (secondary N) is 1. The van der Waals surface area contributed by atoms with Crippen molar-refractivity contribution in [2.75, 3.05) is 5.32 Å². The lowest BCUT2D eigenvalue weighted by molar-refractivity contribution is -0.684. The Bertz CT molecular complexity index is 743. The van der Waals surface area contributed by atoms with Gasteiger partial charge in [0, 0.05) is 11.8 Å². The smallest absolute Gasteiger partial charge is 0.406 e. The molecule has 8 heteroatoms. The van der Waals surface area contributed by atoms with Crippen LogP contribution < -0.4 is 14.6 Å². The fraction of sp³-hybridized carbons (Fsp3) is 0.188. The Kier molecular flexibility index (Phi) is 5.18. The zero-order valence-corrected chi connectivity index (χ0v) is 12.6. The molecule has 1 amide bonds. The van der Waals surface area contributed by atoms with Gasteiger partial charge in [0.15, 0.2) is 18.2 Å². The molecule has 2 aromatic rings. The van der Waals surface area contributed by atoms with E-state index in [2.05, 4.69) is 10.1 Å². The van der Waals surface area contributed by atoms with Crippen molar-refractivity contribution in [3.05, 3.63) is 54.4 Å². The second-order valence-electron chi connectivity index (χ2n) is 4.94. The fourth-order valence-corrected chi connectivity index (χ4v) is 1.93. The van der Waals surface area contributed by atoms with E-state index in [1.807, 2.05) is 0 Å². The number of rotatable bonds is 5. The summed E-state index contributed by atoms with van der Waals surface area (Å²) in [5.41, 5.74) is 0.803. The highest BCUT2D eigenvalue weighted by molar-refractivity contribution is 5.93. The largest absolute Gasteiger partial charge is 0.573 e. The molecule has 126 valence electrons. The van der Waals surface area contributed by atoms with Gasteiger partial charge in [-0.2, -0.15) is 4.57 Å². The molecule has 0 radical (unpaired) electrons. The number of benzene rings is 1. The van der Waals surface area contributed by atoms with Crippen LogP contribution in [0.2, 0.25) is 0 Å². The van der Waals surface area contributed by atoms with Crippen molar-refractivity contribution in [3.8, 4) is 5.75 Å². The van der Waals surface area contributed by atoms with Crippen LogP contribution in [0.5, 0.6) is 5.75 Å². The number of hydrogen-bond acceptors (Lipinski definition) is 3. The minimum absolute atomic E-state index is 0.0398. The molecule has 1 aromatic heterocycles. The molecule has 1 N–H and O–H groups in total. The number of ketones is 1. The van der Waals surface area contributed by atoms with Gasteiger partial charge in [-0.1, -0.05) is 0 Å². The van der Waals surface area contributed by atoms with Gasteiger partial charge >= 0.3 is 6.36 Å². The Labute approximate surface area is 135 Å². The SMILES string of the molecule is CC(=O)c1ccc[n+](CC(=O)Nc2ccc(OC(F)(F)F)cc2)c1. The normalized spacial score (nSPS) is 11.0. The van der Waals surface area contributed by atoms with Crippen LogP contribution in [-0.4, -0.2) is 18.1 Å². The Balaban J connectivity index is 1.97. The standard InChI is InChI=1S/C16H13F3N2O3/c1-11(22)12-3-2-8-21(9-12)10-15(23)20-13-4-6-14(7-5-13)24-16(17,18)19/h2-9H,10H2,1H3/p+1. The molecule has 0 saturated heterocycles. The summed E-state index contributed by atoms with van der Waals surface area (Å²) < 4.78 is 41.5. The van der Waals surface area contributed by atoms with Crippen molar-refractivity contribution in [3.63, 3.8) is 0 Å². The van der Waals surface area contributed by atoms with Crippen LogP contribution in [0.3, 0.4) is 0 Å². The highest BCUT2D eigenvalue weighted by Gasteiger charge is 2.30. The maximum absolute atomic E-state index is 12.1. The maximum Gasteiger partial charge on any atom is 0.573 e. The third kappa shape index (κ3) is 5.38. The van der Waals surface area contributed by atoms with Gasteiger partial charge in [-0.15, -0.1) is 13.2 Å². The highest BCUT2D eigenvalue weighted by atomic mass is 19.4. The molecule has 0 aliphatic carbocycles. The van der Waals surface area contributed by atoms with E-state index in [1.165, 1.54) is 23.6 Å². The number of halogens is 3. The summed E-state index contributed by atoms with van der Waals surface area (Å²) in [5, 5.41) is 2.55. The van der Waals surface area contributed by atoms with E-state index in [1.54, 1.807) is 24.5 Å². The summed E-state index contributed by atoms with van der Waals surface area (Å²) in [7, 11) is 0. The van der Waals surface area contributed by atoms with Crippen molar-refractivity contribution in [1.29, 1.82) is 0 Å². The third-order valence-corrected chi connectivity index (χ3v) is 2.96. The predicted octanol–water partition coefficient (Wildman–Crippen LogP) is 2.71. The van der Waals surface area contributed by atoms with Crippen LogP contribution in [0.4, 0.5) is 18.9 Å². The first-order valence-electron chi connectivity index (χ1n) is 6.89. The van der Waals surface area contributed by atoms with Crippen LogP contribution in [0.25, 0.3) is 0 Å². The van der Waals surface area contributed by atoms with Gasteiger partial charge in [-0.3, -0.25) is 9.59 Å². The zero-order valence-electron chi connectivity index (χ0n) is 12.6. The van der Waals surface area contributed by atoms with E-state index in [0.717, 1.165) is 12.1 Å². The van der Waals surface area contributed by atoms with E-state index >= 15 is 0 Å². The predicted molar refractivity (Wildman–Crippen MR) is 78.4 cm³/mol. The molecule has 0 atom stereocenters. The first-order valence-corrected chi connectivity index (χ1v) is 6.89. The number of ether oxygens (including phenoxy) is 1. The number of anilines is 1. The molecule has 0 saturated carbocycles. The molecular formula is C16H14F3N2O3+. The van der Waals surface area contributed by atoms with Crippen LogP contribution in [0.15, 0.2) is 48.8 Å². The summed E-state index contributed by atoms with van der Waals surface area (Å²) in [5.74, 6) is -0.876. The molecule has 2 rings (SSSR count). The molecule has 0 unspecified atom stereocenters. The Morgan fingerprint density at radius 3 is 2.42 bits per heavy atom. The molecule has 0 spiro atoms. The van der Waals surface area contributed by atoms with Crippen molar-refractivity contribution in [1.82, 2.24) is 0 Å². The van der Waals surface area contributed by atoms with E-state index in [-0.39, 0.29) is 24.0 Å². The number of Topliss-reactive ketones (excluding diaryl/α,β-unsaturated/α-hetero) is 1. The topological polar surface area (TPSA) is 59.3 Å². The monoisotopic (exact) mass is 339 g/mol. The molecule has 1 aromatic carbocycles. The van der Waals surface area contributed by atoms with Crippen LogP contribution >= 0.6 is 0 Å². The molecule has 0 aliphatic heterocycles. The summed E-state index contributed by atoms with van der Waals surface area (Å²) in [6.45, 7) is 1.38. The van der Waals surface area contributed by atoms with Crippen molar-refractivity contribution >= 4 is 17.4 Å². The lowest BCUT2D eigenvalue weighted by Crippen LogP contribution is -2.40. The Morgan fingerprint density at radius 2 is 1.83 bits per heavy atom. The summed E-state index contributed by atoms with van der Waals surface area (Å²) in [4.78, 5) is 23.2. The zero-order chi connectivity index (χ0) is 17.7. The lowest BCUT2D eigenvalue weighted by Gasteiger charge is -2.09. The quantitative estimate of drug-likeness (QED) is 0.673. The van der Waals surface area contributed by atoms with Gasteiger partial charge in [0.1, 0.15) is 5.75 Å². The molecular weight excluding hydrogens is 325 g/mol. The van der Waals surface area contributed by atoms with Crippen molar-refractivity contribution in [2.24, 2.45) is 0 Å². The summed E-state index contributed by atoms with van der Waals surface area (Å²) in [6, 6.07) is 8.09. The van der Waals surface area contributed by atoms with Crippen LogP contribution in [-0.2, 0) is 11.3 Å². The maximum atomic E-state index is 12.1. The number of hydrogen-bond donors (Lipinski definition) is 1. The van der Waals surface area contributed by atoms with E-state index in [0.29, 0.717) is 11.3 Å². The average Bonchev–Trinajstić information content (AvgIpc) is 2.48. The minimum atomic E-state index is -4.76. The van der Waals surface area contributed by atoms with Gasteiger partial charge in [-0.25, -0.2) is 0 Å². The lowest BCUT2D eigenvalue weighted by atomic mass is 10.2. The number of amides is 1. The van der Waals surface area contributed by atoms with Gasteiger partial charge in [0.2, 0.25) is 6.54 Å². The minimum Gasteiger partial charge on any atom is -0.406 e. The third-order valence-electron chi connectivity index (χ3n) is 2.96. The average molecular weight is 339 g/mol.